The number of carbonyl (C=O) groups excluding carboxylic acids is 1. The lowest BCUT2D eigenvalue weighted by Gasteiger charge is -2.10. The van der Waals surface area contributed by atoms with Crippen LogP contribution in [0.5, 0.6) is 0 Å². The van der Waals surface area contributed by atoms with Crippen LogP contribution < -0.4 is 0 Å². The second kappa shape index (κ2) is 4.26. The van der Waals surface area contributed by atoms with E-state index in [1.807, 2.05) is 42.7 Å². The number of benzene rings is 1. The molecule has 0 aliphatic carbocycles. The van der Waals surface area contributed by atoms with Crippen molar-refractivity contribution in [3.8, 4) is 11.8 Å². The zero-order chi connectivity index (χ0) is 12.4. The third-order valence-electron chi connectivity index (χ3n) is 2.86. The zero-order valence-corrected chi connectivity index (χ0v) is 9.77. The number of aldehydes is 1. The fourth-order valence-corrected chi connectivity index (χ4v) is 2.04. The first-order valence-electron chi connectivity index (χ1n) is 5.32. The molecule has 17 heavy (non-hydrogen) atoms. The third-order valence-corrected chi connectivity index (χ3v) is 2.86. The minimum atomic E-state index is 0.603. The lowest BCUT2D eigenvalue weighted by atomic mass is 10.2. The first-order chi connectivity index (χ1) is 8.19. The topological polar surface area (TPSA) is 45.8 Å². The standard InChI is InChI=1S/C14H12N2O/c1-10-7-13(9-17)11(2)16(10)14-6-4-3-5-12(14)8-15/h3-7,9H,1-2H3. The van der Waals surface area contributed by atoms with Crippen LogP contribution in [-0.2, 0) is 0 Å². The molecule has 0 aliphatic rings. The highest BCUT2D eigenvalue weighted by atomic mass is 16.1. The van der Waals surface area contributed by atoms with E-state index >= 15 is 0 Å². The number of nitriles is 1. The van der Waals surface area contributed by atoms with Gasteiger partial charge in [-0.2, -0.15) is 5.26 Å². The monoisotopic (exact) mass is 224 g/mol. The van der Waals surface area contributed by atoms with Gasteiger partial charge in [-0.05, 0) is 32.0 Å². The molecule has 0 atom stereocenters. The second-order valence-electron chi connectivity index (χ2n) is 3.91. The Morgan fingerprint density at radius 3 is 2.59 bits per heavy atom. The number of aryl methyl sites for hydroxylation is 1. The molecule has 3 nitrogen and oxygen atoms in total. The highest BCUT2D eigenvalue weighted by Gasteiger charge is 2.12. The van der Waals surface area contributed by atoms with Crippen LogP contribution in [0.2, 0.25) is 0 Å². The highest BCUT2D eigenvalue weighted by Crippen LogP contribution is 2.22. The first kappa shape index (κ1) is 11.2. The molecule has 1 aromatic carbocycles. The minimum Gasteiger partial charge on any atom is -0.316 e. The number of nitrogens with zero attached hydrogens (tertiary/aromatic N) is 2. The Balaban J connectivity index is 2.73. The van der Waals surface area contributed by atoms with Gasteiger partial charge in [-0.15, -0.1) is 0 Å². The van der Waals surface area contributed by atoms with Gasteiger partial charge in [-0.3, -0.25) is 4.79 Å². The van der Waals surface area contributed by atoms with E-state index in [0.717, 1.165) is 23.4 Å². The van der Waals surface area contributed by atoms with E-state index in [-0.39, 0.29) is 0 Å². The Bertz CT molecular complexity index is 618. The number of hydrogen-bond donors (Lipinski definition) is 0. The number of para-hydroxylation sites is 1. The molecule has 2 rings (SSSR count). The molecule has 0 saturated carbocycles. The molecule has 3 heteroatoms. The molecule has 0 unspecified atom stereocenters. The molecule has 1 heterocycles. The Morgan fingerprint density at radius 1 is 1.29 bits per heavy atom. The van der Waals surface area contributed by atoms with Gasteiger partial charge < -0.3 is 4.57 Å². The van der Waals surface area contributed by atoms with Crippen LogP contribution in [0.15, 0.2) is 30.3 Å². The number of rotatable bonds is 2. The van der Waals surface area contributed by atoms with Gasteiger partial charge in [0.05, 0.1) is 11.3 Å². The summed E-state index contributed by atoms with van der Waals surface area (Å²) in [5.41, 5.74) is 3.90. The van der Waals surface area contributed by atoms with E-state index in [2.05, 4.69) is 6.07 Å². The Kier molecular flexibility index (Phi) is 2.80. The summed E-state index contributed by atoms with van der Waals surface area (Å²) in [6, 6.07) is 11.4. The highest BCUT2D eigenvalue weighted by molar-refractivity contribution is 5.78. The predicted octanol–water partition coefficient (Wildman–Crippen LogP) is 2.78. The van der Waals surface area contributed by atoms with Gasteiger partial charge in [0.1, 0.15) is 6.07 Å². The van der Waals surface area contributed by atoms with Crippen LogP contribution in [0.1, 0.15) is 27.3 Å². The lowest BCUT2D eigenvalue weighted by molar-refractivity contribution is 0.112. The molecule has 0 spiro atoms. The largest absolute Gasteiger partial charge is 0.316 e. The first-order valence-corrected chi connectivity index (χ1v) is 5.32. The van der Waals surface area contributed by atoms with Gasteiger partial charge in [0.2, 0.25) is 0 Å². The van der Waals surface area contributed by atoms with E-state index in [1.165, 1.54) is 0 Å². The smallest absolute Gasteiger partial charge is 0.151 e. The van der Waals surface area contributed by atoms with Crippen molar-refractivity contribution in [3.63, 3.8) is 0 Å². The van der Waals surface area contributed by atoms with Crippen LogP contribution in [0.4, 0.5) is 0 Å². The maximum Gasteiger partial charge on any atom is 0.151 e. The van der Waals surface area contributed by atoms with Crippen molar-refractivity contribution in [1.82, 2.24) is 4.57 Å². The van der Waals surface area contributed by atoms with Crippen molar-refractivity contribution in [2.45, 2.75) is 13.8 Å². The Hall–Kier alpha value is -2.34. The molecule has 0 saturated heterocycles. The SMILES string of the molecule is Cc1cc(C=O)c(C)n1-c1ccccc1C#N. The van der Waals surface area contributed by atoms with Gasteiger partial charge in [-0.1, -0.05) is 12.1 Å². The van der Waals surface area contributed by atoms with Crippen molar-refractivity contribution >= 4 is 6.29 Å². The quantitative estimate of drug-likeness (QED) is 0.736. The summed E-state index contributed by atoms with van der Waals surface area (Å²) in [6.07, 6.45) is 0.841. The molecule has 2 aromatic rings. The molecule has 0 radical (unpaired) electrons. The summed E-state index contributed by atoms with van der Waals surface area (Å²) < 4.78 is 1.93. The lowest BCUT2D eigenvalue weighted by Crippen LogP contribution is -2.01. The summed E-state index contributed by atoms with van der Waals surface area (Å²) in [4.78, 5) is 10.9. The predicted molar refractivity (Wildman–Crippen MR) is 65.3 cm³/mol. The molecule has 84 valence electrons. The molecule has 0 aliphatic heterocycles. The summed E-state index contributed by atoms with van der Waals surface area (Å²) in [7, 11) is 0. The summed E-state index contributed by atoms with van der Waals surface area (Å²) >= 11 is 0. The molecule has 0 bridgehead atoms. The van der Waals surface area contributed by atoms with Gasteiger partial charge in [0.25, 0.3) is 0 Å². The maximum atomic E-state index is 10.9. The van der Waals surface area contributed by atoms with E-state index in [1.54, 1.807) is 6.07 Å². The molecule has 0 amide bonds. The van der Waals surface area contributed by atoms with Crippen molar-refractivity contribution in [2.75, 3.05) is 0 Å². The van der Waals surface area contributed by atoms with Crippen LogP contribution >= 0.6 is 0 Å². The average Bonchev–Trinajstić information content (AvgIpc) is 2.64. The van der Waals surface area contributed by atoms with Gasteiger partial charge in [-0.25, -0.2) is 0 Å². The van der Waals surface area contributed by atoms with Crippen molar-refractivity contribution in [1.29, 1.82) is 5.26 Å². The number of aromatic nitrogens is 1. The van der Waals surface area contributed by atoms with Gasteiger partial charge in [0, 0.05) is 17.0 Å². The summed E-state index contributed by atoms with van der Waals surface area (Å²) in [5, 5.41) is 9.09. The Labute approximate surface area is 99.9 Å². The maximum absolute atomic E-state index is 10.9. The number of hydrogen-bond acceptors (Lipinski definition) is 2. The molecule has 0 fully saturated rings. The van der Waals surface area contributed by atoms with Crippen molar-refractivity contribution in [2.24, 2.45) is 0 Å². The van der Waals surface area contributed by atoms with E-state index in [4.69, 9.17) is 5.26 Å². The fraction of sp³-hybridized carbons (Fsp3) is 0.143. The second-order valence-corrected chi connectivity index (χ2v) is 3.91. The van der Waals surface area contributed by atoms with Gasteiger partial charge in [0.15, 0.2) is 6.29 Å². The normalized spacial score (nSPS) is 9.94. The van der Waals surface area contributed by atoms with Crippen LogP contribution in [-0.4, -0.2) is 10.9 Å². The average molecular weight is 224 g/mol. The van der Waals surface area contributed by atoms with Crippen molar-refractivity contribution in [3.05, 3.63) is 52.8 Å². The zero-order valence-electron chi connectivity index (χ0n) is 9.77. The fourth-order valence-electron chi connectivity index (χ4n) is 2.04. The number of carbonyl (C=O) groups is 1. The van der Waals surface area contributed by atoms with Crippen LogP contribution in [0.3, 0.4) is 0 Å². The van der Waals surface area contributed by atoms with E-state index in [0.29, 0.717) is 11.1 Å². The van der Waals surface area contributed by atoms with Crippen molar-refractivity contribution < 1.29 is 4.79 Å². The Morgan fingerprint density at radius 2 is 2.00 bits per heavy atom. The van der Waals surface area contributed by atoms with E-state index < -0.39 is 0 Å². The molecular weight excluding hydrogens is 212 g/mol. The molecule has 0 N–H and O–H groups in total. The van der Waals surface area contributed by atoms with Gasteiger partial charge >= 0.3 is 0 Å². The third kappa shape index (κ3) is 1.74. The summed E-state index contributed by atoms with van der Waals surface area (Å²) in [5.74, 6) is 0. The molecule has 1 aromatic heterocycles. The van der Waals surface area contributed by atoms with Crippen LogP contribution in [0, 0.1) is 25.2 Å². The molecular formula is C14H12N2O. The van der Waals surface area contributed by atoms with E-state index in [9.17, 15) is 4.79 Å². The minimum absolute atomic E-state index is 0.603. The summed E-state index contributed by atoms with van der Waals surface area (Å²) in [6.45, 7) is 3.80. The van der Waals surface area contributed by atoms with Crippen LogP contribution in [0.25, 0.3) is 5.69 Å².